The lowest BCUT2D eigenvalue weighted by Gasteiger charge is -2.30. The van der Waals surface area contributed by atoms with Gasteiger partial charge in [-0.2, -0.15) is 0 Å². The van der Waals surface area contributed by atoms with Gasteiger partial charge < -0.3 is 14.8 Å². The van der Waals surface area contributed by atoms with Crippen LogP contribution in [0.2, 0.25) is 0 Å². The Kier molecular flexibility index (Phi) is 14.5. The quantitative estimate of drug-likeness (QED) is 0.107. The van der Waals surface area contributed by atoms with Crippen LogP contribution in [0.3, 0.4) is 0 Å². The number of alkyl carbamates (subject to hydrolysis) is 1. The molecule has 0 aliphatic carbocycles. The highest BCUT2D eigenvalue weighted by Gasteiger charge is 2.36. The van der Waals surface area contributed by atoms with Crippen LogP contribution in [0.1, 0.15) is 103 Å². The molecule has 0 saturated carbocycles. The number of benzene rings is 2. The summed E-state index contributed by atoms with van der Waals surface area (Å²) < 4.78 is 11.1. The summed E-state index contributed by atoms with van der Waals surface area (Å²) in [7, 11) is 0. The Balaban J connectivity index is 1.88. The van der Waals surface area contributed by atoms with Crippen LogP contribution in [-0.4, -0.2) is 25.3 Å². The molecule has 0 bridgehead atoms. The van der Waals surface area contributed by atoms with Crippen molar-refractivity contribution in [2.24, 2.45) is 11.3 Å². The molecule has 3 unspecified atom stereocenters. The molecule has 0 radical (unpaired) electrons. The van der Waals surface area contributed by atoms with Crippen molar-refractivity contribution in [3.63, 3.8) is 0 Å². The summed E-state index contributed by atoms with van der Waals surface area (Å²) in [5.74, 6) is 0.505. The van der Waals surface area contributed by atoms with Crippen molar-refractivity contribution in [1.29, 1.82) is 0 Å². The Hall–Kier alpha value is -3.60. The fourth-order valence-electron chi connectivity index (χ4n) is 4.93. The van der Waals surface area contributed by atoms with Gasteiger partial charge in [-0.15, -0.1) is 6.58 Å². The predicted octanol–water partition coefficient (Wildman–Crippen LogP) is 9.75. The molecule has 0 fully saturated rings. The zero-order valence-corrected chi connectivity index (χ0v) is 27.3. The molecule has 2 aromatic rings. The van der Waals surface area contributed by atoms with Gasteiger partial charge >= 0.3 is 12.1 Å². The first-order valence-corrected chi connectivity index (χ1v) is 15.6. The van der Waals surface area contributed by atoms with Crippen LogP contribution < -0.4 is 5.32 Å². The van der Waals surface area contributed by atoms with E-state index in [4.69, 9.17) is 9.47 Å². The normalized spacial score (nSPS) is 14.4. The molecule has 0 heterocycles. The Morgan fingerprint density at radius 2 is 1.70 bits per heavy atom. The third-order valence-electron chi connectivity index (χ3n) is 8.27. The number of hydrogen-bond donors (Lipinski definition) is 1. The van der Waals surface area contributed by atoms with Gasteiger partial charge in [0.25, 0.3) is 0 Å². The number of rotatable bonds is 18. The maximum atomic E-state index is 13.3. The van der Waals surface area contributed by atoms with E-state index in [0.29, 0.717) is 25.2 Å². The van der Waals surface area contributed by atoms with E-state index in [1.54, 1.807) is 0 Å². The third-order valence-corrected chi connectivity index (χ3v) is 8.27. The van der Waals surface area contributed by atoms with E-state index in [1.807, 2.05) is 71.0 Å². The van der Waals surface area contributed by atoms with Crippen LogP contribution in [0.5, 0.6) is 0 Å². The van der Waals surface area contributed by atoms with Gasteiger partial charge in [-0.05, 0) is 94.4 Å². The summed E-state index contributed by atoms with van der Waals surface area (Å²) in [6, 6.07) is 18.4. The third kappa shape index (κ3) is 11.9. The molecule has 234 valence electrons. The van der Waals surface area contributed by atoms with Gasteiger partial charge in [-0.1, -0.05) is 92.8 Å². The number of amides is 1. The molecule has 2 rings (SSSR count). The fourth-order valence-corrected chi connectivity index (χ4v) is 4.93. The van der Waals surface area contributed by atoms with Crippen molar-refractivity contribution in [3.05, 3.63) is 103 Å². The maximum Gasteiger partial charge on any atom is 0.407 e. The molecular weight excluding hydrogens is 534 g/mol. The van der Waals surface area contributed by atoms with Gasteiger partial charge in [0.15, 0.2) is 0 Å². The second kappa shape index (κ2) is 17.5. The molecule has 5 nitrogen and oxygen atoms in total. The minimum Gasteiger partial charge on any atom is -0.465 e. The SMILES string of the molecule is C=CC(C)CC/C=C/CC(CC(C)(CC)C(=O)OCCCOC(=O)NC(C)(C)c1cccc(C(=C)C)c1)c1ccccc1. The number of carbonyl (C=O) groups is 2. The van der Waals surface area contributed by atoms with Gasteiger partial charge in [-0.3, -0.25) is 4.79 Å². The average Bonchev–Trinajstić information content (AvgIpc) is 2.99. The van der Waals surface area contributed by atoms with Crippen molar-refractivity contribution >= 4 is 17.6 Å². The molecule has 0 aromatic heterocycles. The average molecular weight is 588 g/mol. The molecule has 1 amide bonds. The van der Waals surface area contributed by atoms with Gasteiger partial charge in [-0.25, -0.2) is 4.79 Å². The first-order valence-electron chi connectivity index (χ1n) is 15.6. The second-order valence-electron chi connectivity index (χ2n) is 12.5. The topological polar surface area (TPSA) is 64.6 Å². The lowest BCUT2D eigenvalue weighted by atomic mass is 9.75. The molecule has 1 N–H and O–H groups in total. The molecular formula is C38H53NO4. The highest BCUT2D eigenvalue weighted by atomic mass is 16.6. The van der Waals surface area contributed by atoms with Gasteiger partial charge in [0.2, 0.25) is 0 Å². The van der Waals surface area contributed by atoms with E-state index in [1.165, 1.54) is 5.56 Å². The Labute approximate surface area is 260 Å². The summed E-state index contributed by atoms with van der Waals surface area (Å²) in [5.41, 5.74) is 2.95. The van der Waals surface area contributed by atoms with E-state index in [-0.39, 0.29) is 25.1 Å². The highest BCUT2D eigenvalue weighted by Crippen LogP contribution is 2.38. The zero-order valence-electron chi connectivity index (χ0n) is 27.3. The van der Waals surface area contributed by atoms with Crippen LogP contribution >= 0.6 is 0 Å². The van der Waals surface area contributed by atoms with E-state index in [0.717, 1.165) is 36.0 Å². The number of allylic oxidation sites excluding steroid dienone is 4. The molecule has 0 aliphatic heterocycles. The Morgan fingerprint density at radius 3 is 2.35 bits per heavy atom. The zero-order chi connectivity index (χ0) is 31.9. The van der Waals surface area contributed by atoms with Crippen molar-refractivity contribution in [3.8, 4) is 0 Å². The van der Waals surface area contributed by atoms with Crippen LogP contribution in [0.4, 0.5) is 4.79 Å². The lowest BCUT2D eigenvalue weighted by molar-refractivity contribution is -0.156. The smallest absolute Gasteiger partial charge is 0.407 e. The largest absolute Gasteiger partial charge is 0.465 e. The van der Waals surface area contributed by atoms with Crippen molar-refractivity contribution in [1.82, 2.24) is 5.32 Å². The predicted molar refractivity (Wildman–Crippen MR) is 179 cm³/mol. The number of carbonyl (C=O) groups excluding carboxylic acids is 2. The molecule has 5 heteroatoms. The Bertz CT molecular complexity index is 1220. The molecule has 3 atom stereocenters. The van der Waals surface area contributed by atoms with Crippen molar-refractivity contribution in [2.45, 2.75) is 91.5 Å². The minimum absolute atomic E-state index is 0.158. The maximum absolute atomic E-state index is 13.3. The second-order valence-corrected chi connectivity index (χ2v) is 12.5. The van der Waals surface area contributed by atoms with Crippen LogP contribution in [0, 0.1) is 11.3 Å². The first-order chi connectivity index (χ1) is 20.4. The highest BCUT2D eigenvalue weighted by molar-refractivity contribution is 5.76. The minimum atomic E-state index is -0.619. The summed E-state index contributed by atoms with van der Waals surface area (Å²) in [6.07, 6.45) is 10.7. The van der Waals surface area contributed by atoms with E-state index >= 15 is 0 Å². The van der Waals surface area contributed by atoms with E-state index in [9.17, 15) is 9.59 Å². The van der Waals surface area contributed by atoms with Crippen LogP contribution in [0.25, 0.3) is 5.57 Å². The number of nitrogens with one attached hydrogen (secondary N) is 1. The van der Waals surface area contributed by atoms with E-state index in [2.05, 4.69) is 61.8 Å². The lowest BCUT2D eigenvalue weighted by Crippen LogP contribution is -2.41. The molecule has 0 saturated heterocycles. The van der Waals surface area contributed by atoms with Crippen LogP contribution in [-0.2, 0) is 19.8 Å². The Morgan fingerprint density at radius 1 is 1.00 bits per heavy atom. The molecule has 0 spiro atoms. The molecule has 2 aromatic carbocycles. The summed E-state index contributed by atoms with van der Waals surface area (Å²) in [4.78, 5) is 25.8. The van der Waals surface area contributed by atoms with Gasteiger partial charge in [0.1, 0.15) is 0 Å². The summed E-state index contributed by atoms with van der Waals surface area (Å²) in [5, 5.41) is 2.93. The van der Waals surface area contributed by atoms with E-state index < -0.39 is 17.0 Å². The summed E-state index contributed by atoms with van der Waals surface area (Å²) >= 11 is 0. The van der Waals surface area contributed by atoms with Crippen molar-refractivity contribution in [2.75, 3.05) is 13.2 Å². The van der Waals surface area contributed by atoms with Crippen LogP contribution in [0.15, 0.2) is 86.0 Å². The first kappa shape index (κ1) is 35.6. The number of hydrogen-bond acceptors (Lipinski definition) is 4. The number of ether oxygens (including phenoxy) is 2. The monoisotopic (exact) mass is 587 g/mol. The molecule has 0 aliphatic rings. The number of esters is 1. The standard InChI is InChI=1S/C38H53NO4/c1-9-30(5)19-13-11-16-22-33(31-20-14-12-15-21-31)28-38(8,10-2)35(40)42-25-18-26-43-36(41)39-37(6,7)34-24-17-23-32(27-34)29(3)4/h9,11-12,14-17,20-21,23-24,27,30,33H,1,3,10,13,18-19,22,25-26,28H2,2,4-8H3,(H,39,41)/b16-11+. The fraction of sp³-hybridized carbons (Fsp3) is 0.474. The van der Waals surface area contributed by atoms with Gasteiger partial charge in [0.05, 0.1) is 24.2 Å². The molecule has 43 heavy (non-hydrogen) atoms. The summed E-state index contributed by atoms with van der Waals surface area (Å²) in [6.45, 7) is 20.3. The van der Waals surface area contributed by atoms with Gasteiger partial charge in [0, 0.05) is 6.42 Å². The van der Waals surface area contributed by atoms with Crippen molar-refractivity contribution < 1.29 is 19.1 Å².